The fraction of sp³-hybridized carbons (Fsp3) is 0.516. The Morgan fingerprint density at radius 3 is 2.76 bits per heavy atom. The summed E-state index contributed by atoms with van der Waals surface area (Å²) in [5, 5.41) is 21.0. The molecule has 4 aliphatic rings. The third-order valence-electron chi connectivity index (χ3n) is 9.65. The second kappa shape index (κ2) is 10.9. The van der Waals surface area contributed by atoms with E-state index in [1.54, 1.807) is 30.4 Å². The van der Waals surface area contributed by atoms with Crippen molar-refractivity contribution in [2.75, 3.05) is 24.6 Å². The van der Waals surface area contributed by atoms with Gasteiger partial charge in [-0.15, -0.1) is 0 Å². The molecule has 220 valence electrons. The van der Waals surface area contributed by atoms with E-state index in [1.165, 1.54) is 18.1 Å². The summed E-state index contributed by atoms with van der Waals surface area (Å²) in [7, 11) is -4.16. The van der Waals surface area contributed by atoms with Crippen molar-refractivity contribution >= 4 is 33.2 Å². The van der Waals surface area contributed by atoms with Crippen LogP contribution in [0.25, 0.3) is 0 Å². The summed E-state index contributed by atoms with van der Waals surface area (Å²) >= 11 is 6.36. The van der Waals surface area contributed by atoms with E-state index < -0.39 is 33.4 Å². The van der Waals surface area contributed by atoms with Crippen LogP contribution >= 0.6 is 11.6 Å². The van der Waals surface area contributed by atoms with Gasteiger partial charge in [0.05, 0.1) is 24.5 Å². The first kappa shape index (κ1) is 28.5. The molecule has 0 saturated heterocycles. The topological polar surface area (TPSA) is 116 Å². The largest absolute Gasteiger partial charge is 0.490 e. The Morgan fingerprint density at radius 2 is 1.98 bits per heavy atom. The highest BCUT2D eigenvalue weighted by molar-refractivity contribution is 7.90. The molecule has 0 aromatic heterocycles. The molecule has 2 aromatic carbocycles. The summed E-state index contributed by atoms with van der Waals surface area (Å²) in [6, 6.07) is 11.1. The normalized spacial score (nSPS) is 33.8. The number of benzene rings is 2. The minimum absolute atomic E-state index is 0.0463. The van der Waals surface area contributed by atoms with Crippen molar-refractivity contribution in [3.63, 3.8) is 0 Å². The number of fused-ring (bicyclic) bond motifs is 4. The number of ether oxygens (including phenoxy) is 1. The van der Waals surface area contributed by atoms with Crippen LogP contribution in [-0.2, 0) is 21.9 Å². The molecule has 2 aliphatic heterocycles. The number of carbonyl (C=O) groups excluding carboxylic acids is 1. The van der Waals surface area contributed by atoms with Gasteiger partial charge in [0.15, 0.2) is 0 Å². The molecule has 2 aliphatic carbocycles. The van der Waals surface area contributed by atoms with E-state index >= 15 is 0 Å². The maximum absolute atomic E-state index is 13.2. The van der Waals surface area contributed by atoms with Crippen LogP contribution in [0.3, 0.4) is 0 Å². The van der Waals surface area contributed by atoms with Crippen molar-refractivity contribution in [1.29, 1.82) is 0 Å². The molecule has 6 rings (SSSR count). The van der Waals surface area contributed by atoms with Crippen LogP contribution in [0, 0.1) is 11.8 Å². The molecule has 10 heteroatoms. The molecule has 0 unspecified atom stereocenters. The van der Waals surface area contributed by atoms with Crippen LogP contribution in [0.2, 0.25) is 5.02 Å². The van der Waals surface area contributed by atoms with Gasteiger partial charge >= 0.3 is 0 Å². The van der Waals surface area contributed by atoms with Crippen molar-refractivity contribution < 1.29 is 28.2 Å². The second-order valence-corrected chi connectivity index (χ2v) is 14.7. The summed E-state index contributed by atoms with van der Waals surface area (Å²) in [6.07, 6.45) is 6.21. The zero-order chi connectivity index (χ0) is 28.9. The second-order valence-electron chi connectivity index (χ2n) is 12.2. The fourth-order valence-electron chi connectivity index (χ4n) is 6.99. The Labute approximate surface area is 246 Å². The van der Waals surface area contributed by atoms with Crippen LogP contribution in [0.4, 0.5) is 5.69 Å². The predicted molar refractivity (Wildman–Crippen MR) is 158 cm³/mol. The van der Waals surface area contributed by atoms with Crippen LogP contribution in [0.5, 0.6) is 5.75 Å². The van der Waals surface area contributed by atoms with Gasteiger partial charge in [-0.1, -0.05) is 29.8 Å². The number of hydrogen-bond acceptors (Lipinski definition) is 7. The summed E-state index contributed by atoms with van der Waals surface area (Å²) in [5.74, 6) is 0.164. The lowest BCUT2D eigenvalue weighted by atomic mass is 9.68. The smallest absolute Gasteiger partial charge is 0.264 e. The van der Waals surface area contributed by atoms with Gasteiger partial charge in [0, 0.05) is 29.1 Å². The summed E-state index contributed by atoms with van der Waals surface area (Å²) in [5.41, 5.74) is 3.12. The highest BCUT2D eigenvalue weighted by Gasteiger charge is 2.44. The van der Waals surface area contributed by atoms with Gasteiger partial charge in [0.1, 0.15) is 11.0 Å². The van der Waals surface area contributed by atoms with Gasteiger partial charge in [0.25, 0.3) is 5.91 Å². The SMILES string of the molecule is C[C@H]1[C@H](O)C/C=C\[C@H](O)[C@@H]2CC[C@H]2CN2C[C@@]3(CCCc4cc(Cl)ccc43)COc3ccc(cc32)C(=O)NS1(=O)=O. The molecule has 41 heavy (non-hydrogen) atoms. The van der Waals surface area contributed by atoms with E-state index in [2.05, 4.69) is 21.8 Å². The number of nitrogens with one attached hydrogen (secondary N) is 1. The number of aliphatic hydroxyl groups is 2. The van der Waals surface area contributed by atoms with Crippen molar-refractivity contribution in [3.05, 3.63) is 70.3 Å². The minimum Gasteiger partial charge on any atom is -0.490 e. The van der Waals surface area contributed by atoms with Crippen LogP contribution in [0.15, 0.2) is 48.6 Å². The van der Waals surface area contributed by atoms with Gasteiger partial charge in [-0.3, -0.25) is 4.79 Å². The first-order valence-corrected chi connectivity index (χ1v) is 16.4. The molecule has 1 fully saturated rings. The third-order valence-corrected chi connectivity index (χ3v) is 11.6. The highest BCUT2D eigenvalue weighted by atomic mass is 35.5. The molecule has 0 radical (unpaired) electrons. The Kier molecular flexibility index (Phi) is 7.59. The lowest BCUT2D eigenvalue weighted by Crippen LogP contribution is -2.49. The van der Waals surface area contributed by atoms with E-state index in [0.717, 1.165) is 42.8 Å². The summed E-state index contributed by atoms with van der Waals surface area (Å²) in [6.45, 7) is 3.17. The first-order chi connectivity index (χ1) is 19.6. The predicted octanol–water partition coefficient (Wildman–Crippen LogP) is 3.97. The number of halogens is 1. The van der Waals surface area contributed by atoms with E-state index in [0.29, 0.717) is 25.4 Å². The maximum atomic E-state index is 13.2. The standard InChI is InChI=1S/C31H37ClN2O6S/c1-19-27(35)5-2-6-28(36)24-10-7-22(24)16-34-17-31(13-3-4-20-14-23(32)9-11-25(20)31)18-40-29-12-8-21(15-26(29)34)30(37)33-41(19,38)39/h2,6,8-9,11-12,14-15,19,22,24,27-28,35-36H,3-5,7,10,13,16-18H2,1H3,(H,33,37)/b6-2-/t19-,22-,24+,27+,28-,31-/m0/s1. The Bertz CT molecular complexity index is 1480. The van der Waals surface area contributed by atoms with Gasteiger partial charge in [0.2, 0.25) is 10.0 Å². The Hall–Kier alpha value is -2.59. The number of carbonyl (C=O) groups is 1. The molecule has 6 atom stereocenters. The van der Waals surface area contributed by atoms with Gasteiger partial charge in [-0.05, 0) is 98.7 Å². The van der Waals surface area contributed by atoms with Gasteiger partial charge < -0.3 is 19.8 Å². The molecule has 1 spiro atoms. The van der Waals surface area contributed by atoms with Crippen LogP contribution < -0.4 is 14.4 Å². The van der Waals surface area contributed by atoms with E-state index in [-0.39, 0.29) is 29.2 Å². The number of aliphatic hydroxyl groups excluding tert-OH is 2. The van der Waals surface area contributed by atoms with E-state index in [1.807, 2.05) is 6.07 Å². The van der Waals surface area contributed by atoms with Crippen LogP contribution in [-0.4, -0.2) is 61.7 Å². The number of sulfonamides is 1. The van der Waals surface area contributed by atoms with Crippen molar-refractivity contribution in [2.45, 2.75) is 68.3 Å². The minimum atomic E-state index is -4.16. The fourth-order valence-corrected chi connectivity index (χ4v) is 8.27. The quantitative estimate of drug-likeness (QED) is 0.392. The van der Waals surface area contributed by atoms with Crippen molar-refractivity contribution in [2.24, 2.45) is 11.8 Å². The number of aryl methyl sites for hydroxylation is 1. The zero-order valence-corrected chi connectivity index (χ0v) is 24.7. The maximum Gasteiger partial charge on any atom is 0.264 e. The Balaban J connectivity index is 1.42. The summed E-state index contributed by atoms with van der Waals surface area (Å²) in [4.78, 5) is 15.5. The number of hydrogen-bond donors (Lipinski definition) is 3. The third kappa shape index (κ3) is 5.38. The Morgan fingerprint density at radius 1 is 1.15 bits per heavy atom. The molecular formula is C31H37ClN2O6S. The van der Waals surface area contributed by atoms with E-state index in [4.69, 9.17) is 16.3 Å². The van der Waals surface area contributed by atoms with E-state index in [9.17, 15) is 23.4 Å². The van der Waals surface area contributed by atoms with Crippen LogP contribution in [0.1, 0.15) is 60.5 Å². The van der Waals surface area contributed by atoms with Gasteiger partial charge in [-0.2, -0.15) is 0 Å². The first-order valence-electron chi connectivity index (χ1n) is 14.5. The lowest BCUT2D eigenvalue weighted by molar-refractivity contribution is 0.0454. The molecular weight excluding hydrogens is 564 g/mol. The highest BCUT2D eigenvalue weighted by Crippen LogP contribution is 2.46. The molecule has 2 aromatic rings. The average molecular weight is 601 g/mol. The van der Waals surface area contributed by atoms with Crippen molar-refractivity contribution in [1.82, 2.24) is 4.72 Å². The average Bonchev–Trinajstić information content (AvgIpc) is 3.06. The number of nitrogens with zero attached hydrogens (tertiary/aromatic N) is 1. The lowest BCUT2D eigenvalue weighted by Gasteiger charge is -2.45. The molecule has 1 amide bonds. The molecule has 2 bridgehead atoms. The number of rotatable bonds is 0. The van der Waals surface area contributed by atoms with Gasteiger partial charge in [-0.25, -0.2) is 13.1 Å². The number of anilines is 1. The monoisotopic (exact) mass is 600 g/mol. The molecule has 8 nitrogen and oxygen atoms in total. The molecule has 2 heterocycles. The van der Waals surface area contributed by atoms with Crippen molar-refractivity contribution in [3.8, 4) is 5.75 Å². The number of amides is 1. The summed E-state index contributed by atoms with van der Waals surface area (Å²) < 4.78 is 34.6. The molecule has 3 N–H and O–H groups in total. The zero-order valence-electron chi connectivity index (χ0n) is 23.1. The molecule has 1 saturated carbocycles.